The van der Waals surface area contributed by atoms with E-state index in [-0.39, 0.29) is 5.41 Å². The molecular weight excluding hydrogens is 623 g/mol. The van der Waals surface area contributed by atoms with Crippen molar-refractivity contribution in [3.63, 3.8) is 0 Å². The second kappa shape index (κ2) is 13.9. The number of aldehydes is 1. The van der Waals surface area contributed by atoms with E-state index in [1.807, 2.05) is 36.4 Å². The van der Waals surface area contributed by atoms with Crippen LogP contribution in [0.1, 0.15) is 75.2 Å². The van der Waals surface area contributed by atoms with Crippen molar-refractivity contribution < 1.29 is 10.6 Å². The van der Waals surface area contributed by atoms with E-state index in [0.29, 0.717) is 11.6 Å². The summed E-state index contributed by atoms with van der Waals surface area (Å²) in [7, 11) is 0. The van der Waals surface area contributed by atoms with Gasteiger partial charge >= 0.3 is 0 Å². The number of hydrogen-bond acceptors (Lipinski definition) is 3. The third-order valence-corrected chi connectivity index (χ3v) is 10.6. The second-order valence-electron chi connectivity index (χ2n) is 13.8. The summed E-state index contributed by atoms with van der Waals surface area (Å²) < 4.78 is 15.7. The zero-order chi connectivity index (χ0) is 35.7. The fourth-order valence-corrected chi connectivity index (χ4v) is 8.04. The average molecular weight is 667 g/mol. The Morgan fingerprint density at radius 2 is 1.22 bits per heavy atom. The third-order valence-electron chi connectivity index (χ3n) is 10.6. The van der Waals surface area contributed by atoms with Gasteiger partial charge in [-0.2, -0.15) is 0 Å². The van der Waals surface area contributed by atoms with Crippen molar-refractivity contribution >= 4 is 34.3 Å². The summed E-state index contributed by atoms with van der Waals surface area (Å²) in [4.78, 5) is 13.6. The summed E-state index contributed by atoms with van der Waals surface area (Å²) >= 11 is 0. The quantitative estimate of drug-likeness (QED) is 0.122. The molecule has 0 aliphatic heterocycles. The van der Waals surface area contributed by atoms with Gasteiger partial charge in [0.15, 0.2) is 0 Å². The molecule has 6 aromatic carbocycles. The van der Waals surface area contributed by atoms with Crippen molar-refractivity contribution in [2.45, 2.75) is 57.8 Å². The molecule has 0 spiro atoms. The van der Waals surface area contributed by atoms with Crippen molar-refractivity contribution in [1.82, 2.24) is 0 Å². The first-order valence-electron chi connectivity index (χ1n) is 18.8. The summed E-state index contributed by atoms with van der Waals surface area (Å²) in [5, 5.41) is 0.991. The summed E-state index contributed by atoms with van der Waals surface area (Å²) in [6, 6.07) is 48.9. The zero-order valence-electron chi connectivity index (χ0n) is 30.4. The van der Waals surface area contributed by atoms with Crippen LogP contribution in [0.25, 0.3) is 44.5 Å². The normalized spacial score (nSPS) is 13.1. The van der Waals surface area contributed by atoms with E-state index in [1.54, 1.807) is 0 Å². The van der Waals surface area contributed by atoms with Crippen LogP contribution < -0.4 is 4.90 Å². The van der Waals surface area contributed by atoms with Crippen LogP contribution in [0.3, 0.4) is 0 Å². The molecule has 0 bridgehead atoms. The van der Waals surface area contributed by atoms with Crippen molar-refractivity contribution in [3.05, 3.63) is 162 Å². The minimum Gasteiger partial charge on any atom is -0.456 e. The number of fused-ring (bicyclic) bond motifs is 4. The summed E-state index contributed by atoms with van der Waals surface area (Å²) in [6.45, 7) is 4.56. The third kappa shape index (κ3) is 5.97. The van der Waals surface area contributed by atoms with Crippen molar-refractivity contribution in [3.8, 4) is 33.6 Å². The molecule has 1 aliphatic rings. The molecule has 51 heavy (non-hydrogen) atoms. The number of unbranched alkanes of at least 4 members (excludes halogenated alkanes) is 2. The largest absolute Gasteiger partial charge is 0.456 e. The van der Waals surface area contributed by atoms with Crippen molar-refractivity contribution in [2.24, 2.45) is 0 Å². The number of carbonyl (C=O) groups excluding carboxylic acids is 1. The van der Waals surface area contributed by atoms with Crippen LogP contribution >= 0.6 is 0 Å². The first-order valence-corrected chi connectivity index (χ1v) is 18.3. The fourth-order valence-electron chi connectivity index (χ4n) is 8.04. The number of hydrogen-bond donors (Lipinski definition) is 0. The first-order chi connectivity index (χ1) is 25.5. The van der Waals surface area contributed by atoms with Gasteiger partial charge in [0.05, 0.1) is 1.37 Å². The Morgan fingerprint density at radius 3 is 1.82 bits per heavy atom. The summed E-state index contributed by atoms with van der Waals surface area (Å²) in [5.74, 6) is 0.816. The van der Waals surface area contributed by atoms with Crippen LogP contribution in [-0.4, -0.2) is 6.29 Å². The van der Waals surface area contributed by atoms with Gasteiger partial charge in [0.25, 0.3) is 0 Å². The number of rotatable bonds is 12. The highest BCUT2D eigenvalue weighted by Crippen LogP contribution is 2.56. The Labute approximate surface area is 302 Å². The zero-order valence-corrected chi connectivity index (χ0v) is 29.4. The maximum absolute atomic E-state index is 11.4. The first kappa shape index (κ1) is 31.3. The van der Waals surface area contributed by atoms with Gasteiger partial charge in [-0.25, -0.2) is 0 Å². The van der Waals surface area contributed by atoms with Crippen LogP contribution in [-0.2, 0) is 5.41 Å². The van der Waals surface area contributed by atoms with E-state index < -0.39 is 0 Å². The standard InChI is InChI=1S/C48H43NO2/c1-3-5-27-48(28-6-4-2)44-30-36(35-19-23-41(24-20-35)49(39-13-9-7-10-14-39)40-15-11-8-12-16-40)21-25-42(44)43-26-22-37(31-45(43)48)47-32-38-18-17-34(33-50)29-46(38)51-47/h7-26,29-33H,3-6,27-28H2,1-2H3/i19D. The minimum atomic E-state index is -0.140. The van der Waals surface area contributed by atoms with Gasteiger partial charge in [-0.3, -0.25) is 4.79 Å². The van der Waals surface area contributed by atoms with E-state index >= 15 is 0 Å². The number of anilines is 3. The predicted octanol–water partition coefficient (Wildman–Crippen LogP) is 13.7. The molecule has 0 amide bonds. The lowest BCUT2D eigenvalue weighted by atomic mass is 9.70. The molecule has 1 aliphatic carbocycles. The van der Waals surface area contributed by atoms with E-state index in [2.05, 4.69) is 122 Å². The van der Waals surface area contributed by atoms with Crippen LogP contribution in [0, 0.1) is 0 Å². The molecule has 1 aromatic heterocycles. The molecule has 7 aromatic rings. The number of nitrogens with zero attached hydrogens (tertiary/aromatic N) is 1. The summed E-state index contributed by atoms with van der Waals surface area (Å²) in [5.41, 5.74) is 12.7. The van der Waals surface area contributed by atoms with Gasteiger partial charge in [-0.05, 0) is 107 Å². The monoisotopic (exact) mass is 666 g/mol. The van der Waals surface area contributed by atoms with Gasteiger partial charge in [-0.1, -0.05) is 124 Å². The molecule has 0 radical (unpaired) electrons. The predicted molar refractivity (Wildman–Crippen MR) is 212 cm³/mol. The SMILES string of the molecule is [2H]c1cc(N(c2ccccc2)c2ccccc2)ccc1-c1ccc2c(c1)C(CCCC)(CCCC)c1cc(-c3cc4ccc(C=O)cc4o3)ccc1-2. The Balaban J connectivity index is 1.22. The maximum atomic E-state index is 11.4. The smallest absolute Gasteiger partial charge is 0.150 e. The van der Waals surface area contributed by atoms with E-state index in [4.69, 9.17) is 4.42 Å². The maximum Gasteiger partial charge on any atom is 0.150 e. The number of furan rings is 1. The molecular formula is C48H43NO2. The van der Waals surface area contributed by atoms with Gasteiger partial charge in [0, 0.05) is 39.0 Å². The van der Waals surface area contributed by atoms with E-state index in [0.717, 1.165) is 95.3 Å². The van der Waals surface area contributed by atoms with Crippen LogP contribution in [0.4, 0.5) is 17.1 Å². The number of carbonyl (C=O) groups is 1. The van der Waals surface area contributed by atoms with Gasteiger partial charge < -0.3 is 9.32 Å². The molecule has 0 fully saturated rings. The average Bonchev–Trinajstić information content (AvgIpc) is 3.73. The molecule has 0 saturated carbocycles. The molecule has 1 heterocycles. The lowest BCUT2D eigenvalue weighted by molar-refractivity contribution is 0.112. The van der Waals surface area contributed by atoms with Gasteiger partial charge in [-0.15, -0.1) is 0 Å². The van der Waals surface area contributed by atoms with Crippen LogP contribution in [0.5, 0.6) is 0 Å². The topological polar surface area (TPSA) is 33.5 Å². The highest BCUT2D eigenvalue weighted by atomic mass is 16.3. The highest BCUT2D eigenvalue weighted by molar-refractivity contribution is 5.90. The Kier molecular flexibility index (Phi) is 8.55. The Morgan fingerprint density at radius 1 is 0.627 bits per heavy atom. The van der Waals surface area contributed by atoms with E-state index in [9.17, 15) is 6.17 Å². The van der Waals surface area contributed by atoms with Crippen LogP contribution in [0.2, 0.25) is 0 Å². The second-order valence-corrected chi connectivity index (χ2v) is 13.8. The van der Waals surface area contributed by atoms with E-state index in [1.165, 1.54) is 22.3 Å². The molecule has 0 atom stereocenters. The molecule has 0 unspecified atom stereocenters. The molecule has 252 valence electrons. The lowest BCUT2D eigenvalue weighted by Gasteiger charge is -2.33. The highest BCUT2D eigenvalue weighted by Gasteiger charge is 2.42. The number of benzene rings is 6. The Hall–Kier alpha value is -5.67. The number of para-hydroxylation sites is 2. The van der Waals surface area contributed by atoms with Gasteiger partial charge in [0.2, 0.25) is 0 Å². The molecule has 3 nitrogen and oxygen atoms in total. The molecule has 0 N–H and O–H groups in total. The Bertz CT molecular complexity index is 2330. The van der Waals surface area contributed by atoms with Crippen molar-refractivity contribution in [2.75, 3.05) is 4.90 Å². The minimum absolute atomic E-state index is 0.140. The summed E-state index contributed by atoms with van der Waals surface area (Å²) in [6.07, 6.45) is 7.49. The molecule has 3 heteroatoms. The van der Waals surface area contributed by atoms with Crippen LogP contribution in [0.15, 0.2) is 150 Å². The van der Waals surface area contributed by atoms with Crippen molar-refractivity contribution in [1.29, 1.82) is 0 Å². The fraction of sp³-hybridized carbons (Fsp3) is 0.188. The van der Waals surface area contributed by atoms with Gasteiger partial charge in [0.1, 0.15) is 17.6 Å². The molecule has 8 rings (SSSR count). The molecule has 0 saturated heterocycles. The lowest BCUT2D eigenvalue weighted by Crippen LogP contribution is -2.25.